The van der Waals surface area contributed by atoms with Crippen LogP contribution in [0.25, 0.3) is 0 Å². The summed E-state index contributed by atoms with van der Waals surface area (Å²) in [7, 11) is 0. The Bertz CT molecular complexity index is 704. The van der Waals surface area contributed by atoms with E-state index in [9.17, 15) is 14.4 Å². The molecule has 158 valence electrons. The van der Waals surface area contributed by atoms with Gasteiger partial charge in [0.2, 0.25) is 11.8 Å². The van der Waals surface area contributed by atoms with Crippen LogP contribution in [0.3, 0.4) is 0 Å². The Labute approximate surface area is 171 Å². The number of carbonyl (C=O) groups is 3. The number of amides is 2. The number of rotatable bonds is 6. The molecule has 7 heteroatoms. The molecular weight excluding hydrogens is 372 g/mol. The maximum atomic E-state index is 12.4. The van der Waals surface area contributed by atoms with Gasteiger partial charge in [-0.2, -0.15) is 0 Å². The van der Waals surface area contributed by atoms with Crippen LogP contribution in [-0.4, -0.2) is 48.7 Å². The average Bonchev–Trinajstić information content (AvgIpc) is 2.71. The van der Waals surface area contributed by atoms with Gasteiger partial charge in [0.1, 0.15) is 6.61 Å². The highest BCUT2D eigenvalue weighted by atomic mass is 16.5. The number of carbonyl (C=O) groups excluding carboxylic acids is 3. The summed E-state index contributed by atoms with van der Waals surface area (Å²) in [4.78, 5) is 36.9. The van der Waals surface area contributed by atoms with Gasteiger partial charge in [0.25, 0.3) is 0 Å². The Kier molecular flexibility index (Phi) is 9.37. The number of aliphatic hydroxyl groups excluding tert-OH is 1. The molecule has 1 heterocycles. The summed E-state index contributed by atoms with van der Waals surface area (Å²) >= 11 is 0. The third-order valence-electron chi connectivity index (χ3n) is 4.80. The first-order valence-electron chi connectivity index (χ1n) is 10.0. The summed E-state index contributed by atoms with van der Waals surface area (Å²) in [5.41, 5.74) is 1.07. The minimum Gasteiger partial charge on any atom is -0.464 e. The van der Waals surface area contributed by atoms with E-state index in [0.29, 0.717) is 19.3 Å². The monoisotopic (exact) mass is 402 g/mol. The van der Waals surface area contributed by atoms with Gasteiger partial charge in [-0.1, -0.05) is 42.5 Å². The lowest BCUT2D eigenvalue weighted by atomic mass is 9.94. The van der Waals surface area contributed by atoms with Gasteiger partial charge in [-0.25, -0.2) is 0 Å². The second kappa shape index (κ2) is 12.0. The number of hydrogen-bond acceptors (Lipinski definition) is 5. The van der Waals surface area contributed by atoms with Crippen molar-refractivity contribution < 1.29 is 24.2 Å². The molecule has 0 aliphatic carbocycles. The molecule has 0 saturated heterocycles. The summed E-state index contributed by atoms with van der Waals surface area (Å²) in [5.74, 6) is -1.61. The van der Waals surface area contributed by atoms with Crippen molar-refractivity contribution in [3.63, 3.8) is 0 Å². The number of allylic oxidation sites excluding steroid dienone is 2. The maximum Gasteiger partial charge on any atom is 0.309 e. The van der Waals surface area contributed by atoms with E-state index >= 15 is 0 Å². The molecule has 0 saturated carbocycles. The number of aliphatic hydroxyl groups is 1. The Morgan fingerprint density at radius 1 is 1.21 bits per heavy atom. The van der Waals surface area contributed by atoms with Crippen molar-refractivity contribution in [3.05, 3.63) is 48.0 Å². The normalized spacial score (nSPS) is 21.9. The van der Waals surface area contributed by atoms with Crippen LogP contribution in [0.4, 0.5) is 0 Å². The fourth-order valence-corrected chi connectivity index (χ4v) is 3.16. The van der Waals surface area contributed by atoms with Crippen LogP contribution in [0.1, 0.15) is 31.7 Å². The molecule has 1 aliphatic rings. The molecule has 0 unspecified atom stereocenters. The lowest BCUT2D eigenvalue weighted by Crippen LogP contribution is -2.40. The van der Waals surface area contributed by atoms with Crippen LogP contribution in [0.2, 0.25) is 0 Å². The molecule has 2 amide bonds. The van der Waals surface area contributed by atoms with Crippen LogP contribution in [0, 0.1) is 11.8 Å². The van der Waals surface area contributed by atoms with Crippen molar-refractivity contribution in [3.8, 4) is 0 Å². The van der Waals surface area contributed by atoms with E-state index in [-0.39, 0.29) is 55.9 Å². The van der Waals surface area contributed by atoms with Gasteiger partial charge in [-0.15, -0.1) is 0 Å². The molecule has 3 atom stereocenters. The standard InChI is InChI=1S/C22H30N2O5/c1-16(15-25)24-20(26)14-18-9-5-6-10-19(13-17-7-3-2-4-8-17)22(28)29-12-11-23-21(18)27/h2-8,16,18-19,25H,9-15H2,1H3,(H,23,27)(H,24,26)/t16-,18+,19-/m0/s1. The second-order valence-electron chi connectivity index (χ2n) is 7.34. The molecule has 0 fully saturated rings. The number of cyclic esters (lactones) is 1. The average molecular weight is 402 g/mol. The molecule has 0 radical (unpaired) electrons. The van der Waals surface area contributed by atoms with Crippen molar-refractivity contribution in [2.75, 3.05) is 19.8 Å². The molecule has 7 nitrogen and oxygen atoms in total. The predicted octanol–water partition coefficient (Wildman–Crippen LogP) is 1.36. The molecular formula is C22H30N2O5. The van der Waals surface area contributed by atoms with Crippen molar-refractivity contribution in [1.82, 2.24) is 10.6 Å². The van der Waals surface area contributed by atoms with E-state index in [4.69, 9.17) is 9.84 Å². The van der Waals surface area contributed by atoms with E-state index in [0.717, 1.165) is 5.56 Å². The number of nitrogens with one attached hydrogen (secondary N) is 2. The molecule has 1 aliphatic heterocycles. The SMILES string of the molecule is C[C@@H](CO)NC(=O)C[C@H]1CC=CC[C@@H](Cc2ccccc2)C(=O)OCCNC1=O. The zero-order valence-corrected chi connectivity index (χ0v) is 16.8. The minimum absolute atomic E-state index is 0.0355. The quantitative estimate of drug-likeness (QED) is 0.492. The van der Waals surface area contributed by atoms with Gasteiger partial charge in [-0.05, 0) is 31.7 Å². The second-order valence-corrected chi connectivity index (χ2v) is 7.34. The number of ether oxygens (including phenoxy) is 1. The van der Waals surface area contributed by atoms with Gasteiger partial charge in [0.15, 0.2) is 0 Å². The van der Waals surface area contributed by atoms with E-state index in [1.807, 2.05) is 42.5 Å². The lowest BCUT2D eigenvalue weighted by molar-refractivity contribution is -0.148. The van der Waals surface area contributed by atoms with Gasteiger partial charge < -0.3 is 20.5 Å². The Morgan fingerprint density at radius 3 is 2.59 bits per heavy atom. The van der Waals surface area contributed by atoms with Gasteiger partial charge in [0, 0.05) is 12.5 Å². The van der Waals surface area contributed by atoms with Gasteiger partial charge in [0.05, 0.1) is 25.0 Å². The highest BCUT2D eigenvalue weighted by Crippen LogP contribution is 2.17. The zero-order valence-electron chi connectivity index (χ0n) is 16.8. The summed E-state index contributed by atoms with van der Waals surface area (Å²) < 4.78 is 5.34. The molecule has 3 N–H and O–H groups in total. The van der Waals surface area contributed by atoms with E-state index in [1.165, 1.54) is 0 Å². The number of benzene rings is 1. The third-order valence-corrected chi connectivity index (χ3v) is 4.80. The first-order chi connectivity index (χ1) is 14.0. The van der Waals surface area contributed by atoms with Crippen LogP contribution >= 0.6 is 0 Å². The zero-order chi connectivity index (χ0) is 21.1. The summed E-state index contributed by atoms with van der Waals surface area (Å²) in [6.45, 7) is 1.84. The fourth-order valence-electron chi connectivity index (χ4n) is 3.16. The highest BCUT2D eigenvalue weighted by molar-refractivity contribution is 5.86. The minimum atomic E-state index is -0.514. The summed E-state index contributed by atoms with van der Waals surface area (Å²) in [5, 5.41) is 14.4. The largest absolute Gasteiger partial charge is 0.464 e. The number of hydrogen-bond donors (Lipinski definition) is 3. The summed E-state index contributed by atoms with van der Waals surface area (Å²) in [6, 6.07) is 9.42. The van der Waals surface area contributed by atoms with Crippen LogP contribution in [-0.2, 0) is 25.5 Å². The molecule has 0 bridgehead atoms. The van der Waals surface area contributed by atoms with Crippen LogP contribution in [0.15, 0.2) is 42.5 Å². The fraction of sp³-hybridized carbons (Fsp3) is 0.500. The Balaban J connectivity index is 2.02. The van der Waals surface area contributed by atoms with Crippen LogP contribution < -0.4 is 10.6 Å². The summed E-state index contributed by atoms with van der Waals surface area (Å²) in [6.07, 6.45) is 5.26. The molecule has 2 rings (SSSR count). The first kappa shape index (κ1) is 22.6. The van der Waals surface area contributed by atoms with Gasteiger partial charge in [-0.3, -0.25) is 14.4 Å². The first-order valence-corrected chi connectivity index (χ1v) is 10.0. The highest BCUT2D eigenvalue weighted by Gasteiger charge is 2.23. The van der Waals surface area contributed by atoms with Crippen molar-refractivity contribution >= 4 is 17.8 Å². The molecule has 1 aromatic rings. The van der Waals surface area contributed by atoms with E-state index in [1.54, 1.807) is 6.92 Å². The lowest BCUT2D eigenvalue weighted by Gasteiger charge is -2.19. The van der Waals surface area contributed by atoms with Crippen LogP contribution in [0.5, 0.6) is 0 Å². The van der Waals surface area contributed by atoms with Crippen molar-refractivity contribution in [1.29, 1.82) is 0 Å². The smallest absolute Gasteiger partial charge is 0.309 e. The predicted molar refractivity (Wildman–Crippen MR) is 109 cm³/mol. The topological polar surface area (TPSA) is 105 Å². The molecule has 29 heavy (non-hydrogen) atoms. The number of esters is 1. The van der Waals surface area contributed by atoms with E-state index in [2.05, 4.69) is 10.6 Å². The Morgan fingerprint density at radius 2 is 1.90 bits per heavy atom. The van der Waals surface area contributed by atoms with Gasteiger partial charge >= 0.3 is 5.97 Å². The Hall–Kier alpha value is -2.67. The van der Waals surface area contributed by atoms with E-state index < -0.39 is 5.92 Å². The molecule has 0 aromatic heterocycles. The molecule has 0 spiro atoms. The third kappa shape index (κ3) is 8.07. The maximum absolute atomic E-state index is 12.4. The van der Waals surface area contributed by atoms with Crippen molar-refractivity contribution in [2.45, 2.75) is 38.6 Å². The van der Waals surface area contributed by atoms with Crippen molar-refractivity contribution in [2.24, 2.45) is 11.8 Å². The molecule has 1 aromatic carbocycles.